The Balaban J connectivity index is 3.36. The Bertz CT molecular complexity index is 333. The molecule has 0 aliphatic rings. The summed E-state index contributed by atoms with van der Waals surface area (Å²) in [5.74, 6) is -1.85. The molecular formula is C8H8NO3-. The Morgan fingerprint density at radius 3 is 2.67 bits per heavy atom. The van der Waals surface area contributed by atoms with Crippen LogP contribution in [0.2, 0.25) is 0 Å². The summed E-state index contributed by atoms with van der Waals surface area (Å²) in [4.78, 5) is 10.4. The van der Waals surface area contributed by atoms with Gasteiger partial charge in [0, 0.05) is 5.69 Å². The molecule has 0 aliphatic heterocycles. The second-order valence-electron chi connectivity index (χ2n) is 2.48. The molecule has 4 nitrogen and oxygen atoms in total. The van der Waals surface area contributed by atoms with E-state index in [0.717, 1.165) is 0 Å². The van der Waals surface area contributed by atoms with Crippen LogP contribution in [0.25, 0.3) is 0 Å². The van der Waals surface area contributed by atoms with Gasteiger partial charge in [0.2, 0.25) is 0 Å². The zero-order chi connectivity index (χ0) is 9.30. The monoisotopic (exact) mass is 166 g/mol. The van der Waals surface area contributed by atoms with Crippen LogP contribution in [0.3, 0.4) is 0 Å². The van der Waals surface area contributed by atoms with E-state index < -0.39 is 11.7 Å². The van der Waals surface area contributed by atoms with Gasteiger partial charge >= 0.3 is 5.97 Å². The van der Waals surface area contributed by atoms with Crippen molar-refractivity contribution in [3.8, 4) is 5.75 Å². The third-order valence-corrected chi connectivity index (χ3v) is 1.64. The maximum atomic E-state index is 11.1. The van der Waals surface area contributed by atoms with E-state index in [0.29, 0.717) is 5.56 Å². The molecule has 0 aromatic heterocycles. The molecule has 1 aromatic rings. The van der Waals surface area contributed by atoms with Crippen LogP contribution in [-0.4, -0.2) is 11.1 Å². The molecule has 3 N–H and O–H groups in total. The second kappa shape index (κ2) is 2.73. The normalized spacial score (nSPS) is 9.75. The SMILES string of the molecule is Cc1ccc(C(=O)O)c([O-])c1N. The lowest BCUT2D eigenvalue weighted by atomic mass is 10.1. The lowest BCUT2D eigenvalue weighted by Crippen LogP contribution is -2.07. The van der Waals surface area contributed by atoms with Gasteiger partial charge in [0.25, 0.3) is 0 Å². The Labute approximate surface area is 69.3 Å². The molecule has 64 valence electrons. The number of carboxylic acids is 1. The first-order chi connectivity index (χ1) is 5.54. The summed E-state index contributed by atoms with van der Waals surface area (Å²) < 4.78 is 0. The highest BCUT2D eigenvalue weighted by atomic mass is 16.4. The van der Waals surface area contributed by atoms with Crippen LogP contribution in [0.5, 0.6) is 5.75 Å². The quantitative estimate of drug-likeness (QED) is 0.589. The first-order valence-corrected chi connectivity index (χ1v) is 3.33. The van der Waals surface area contributed by atoms with Crippen molar-refractivity contribution in [3.05, 3.63) is 23.3 Å². The zero-order valence-corrected chi connectivity index (χ0v) is 6.50. The van der Waals surface area contributed by atoms with Gasteiger partial charge in [0.05, 0.1) is 5.56 Å². The summed E-state index contributed by atoms with van der Waals surface area (Å²) in [6.07, 6.45) is 0. The van der Waals surface area contributed by atoms with E-state index in [-0.39, 0.29) is 11.3 Å². The molecule has 1 aromatic carbocycles. The Hall–Kier alpha value is -1.71. The number of rotatable bonds is 1. The summed E-state index contributed by atoms with van der Waals surface area (Å²) in [5.41, 5.74) is 5.68. The largest absolute Gasteiger partial charge is 0.870 e. The summed E-state index contributed by atoms with van der Waals surface area (Å²) in [7, 11) is 0. The Kier molecular flexibility index (Phi) is 1.91. The zero-order valence-electron chi connectivity index (χ0n) is 6.50. The fourth-order valence-electron chi connectivity index (χ4n) is 0.866. The Morgan fingerprint density at radius 1 is 1.58 bits per heavy atom. The number of aromatic carboxylic acids is 1. The molecule has 0 spiro atoms. The standard InChI is InChI=1S/C8H9NO3/c1-4-2-3-5(8(11)12)7(10)6(4)9/h2-3,10H,9H2,1H3,(H,11,12)/p-1. The predicted octanol–water partition coefficient (Wildman–Crippen LogP) is 0.349. The molecule has 0 atom stereocenters. The van der Waals surface area contributed by atoms with Gasteiger partial charge in [0.1, 0.15) is 0 Å². The number of aryl methyl sites for hydroxylation is 1. The molecule has 0 bridgehead atoms. The molecule has 1 rings (SSSR count). The van der Waals surface area contributed by atoms with Crippen LogP contribution < -0.4 is 10.8 Å². The van der Waals surface area contributed by atoms with Crippen LogP contribution in [0.1, 0.15) is 15.9 Å². The van der Waals surface area contributed by atoms with E-state index in [1.165, 1.54) is 12.1 Å². The van der Waals surface area contributed by atoms with Gasteiger partial charge in [-0.1, -0.05) is 11.8 Å². The molecule has 0 unspecified atom stereocenters. The van der Waals surface area contributed by atoms with E-state index in [9.17, 15) is 9.90 Å². The van der Waals surface area contributed by atoms with E-state index in [2.05, 4.69) is 0 Å². The van der Waals surface area contributed by atoms with Gasteiger partial charge in [-0.15, -0.1) is 0 Å². The van der Waals surface area contributed by atoms with Gasteiger partial charge in [-0.2, -0.15) is 0 Å². The smallest absolute Gasteiger partial charge is 0.335 e. The van der Waals surface area contributed by atoms with Crippen molar-refractivity contribution in [1.29, 1.82) is 0 Å². The summed E-state index contributed by atoms with van der Waals surface area (Å²) in [6.45, 7) is 1.66. The van der Waals surface area contributed by atoms with Crippen molar-refractivity contribution in [2.24, 2.45) is 0 Å². The molecule has 0 fully saturated rings. The van der Waals surface area contributed by atoms with Crippen LogP contribution in [0.4, 0.5) is 5.69 Å². The predicted molar refractivity (Wildman–Crippen MR) is 42.0 cm³/mol. The maximum absolute atomic E-state index is 11.1. The first kappa shape index (κ1) is 8.39. The number of anilines is 1. The Morgan fingerprint density at radius 2 is 2.17 bits per heavy atom. The number of hydrogen-bond donors (Lipinski definition) is 2. The molecule has 0 amide bonds. The highest BCUT2D eigenvalue weighted by Crippen LogP contribution is 2.24. The van der Waals surface area contributed by atoms with E-state index >= 15 is 0 Å². The molecular weight excluding hydrogens is 158 g/mol. The number of carboxylic acid groups (broad SMARTS) is 1. The van der Waals surface area contributed by atoms with Gasteiger partial charge < -0.3 is 15.9 Å². The van der Waals surface area contributed by atoms with E-state index in [4.69, 9.17) is 10.8 Å². The number of hydrogen-bond acceptors (Lipinski definition) is 3. The lowest BCUT2D eigenvalue weighted by molar-refractivity contribution is -0.267. The molecule has 4 heteroatoms. The summed E-state index contributed by atoms with van der Waals surface area (Å²) in [6, 6.07) is 2.77. The van der Waals surface area contributed by atoms with E-state index in [1.807, 2.05) is 0 Å². The summed E-state index contributed by atoms with van der Waals surface area (Å²) in [5, 5.41) is 19.7. The van der Waals surface area contributed by atoms with Crippen molar-refractivity contribution in [1.82, 2.24) is 0 Å². The molecule has 0 saturated carbocycles. The third-order valence-electron chi connectivity index (χ3n) is 1.64. The highest BCUT2D eigenvalue weighted by molar-refractivity contribution is 5.93. The minimum absolute atomic E-state index is 0.00917. The second-order valence-corrected chi connectivity index (χ2v) is 2.48. The minimum atomic E-state index is -1.24. The lowest BCUT2D eigenvalue weighted by Gasteiger charge is -2.14. The molecule has 0 aliphatic carbocycles. The van der Waals surface area contributed by atoms with Crippen molar-refractivity contribution >= 4 is 11.7 Å². The third kappa shape index (κ3) is 1.18. The molecule has 0 radical (unpaired) electrons. The van der Waals surface area contributed by atoms with Crippen LogP contribution in [0, 0.1) is 6.92 Å². The highest BCUT2D eigenvalue weighted by Gasteiger charge is 2.06. The number of nitrogen functional groups attached to an aromatic ring is 1. The first-order valence-electron chi connectivity index (χ1n) is 3.33. The topological polar surface area (TPSA) is 86.4 Å². The van der Waals surface area contributed by atoms with Crippen molar-refractivity contribution < 1.29 is 15.0 Å². The number of nitrogens with two attached hydrogens (primary N) is 1. The van der Waals surface area contributed by atoms with Crippen molar-refractivity contribution in [2.45, 2.75) is 6.92 Å². The van der Waals surface area contributed by atoms with Crippen LogP contribution >= 0.6 is 0 Å². The van der Waals surface area contributed by atoms with Crippen LogP contribution in [-0.2, 0) is 0 Å². The van der Waals surface area contributed by atoms with Gasteiger partial charge in [0.15, 0.2) is 0 Å². The maximum Gasteiger partial charge on any atom is 0.335 e. The molecule has 12 heavy (non-hydrogen) atoms. The van der Waals surface area contributed by atoms with Gasteiger partial charge in [-0.05, 0) is 18.6 Å². The fourth-order valence-corrected chi connectivity index (χ4v) is 0.866. The molecule has 0 saturated heterocycles. The van der Waals surface area contributed by atoms with Crippen molar-refractivity contribution in [3.63, 3.8) is 0 Å². The van der Waals surface area contributed by atoms with E-state index in [1.54, 1.807) is 6.92 Å². The van der Waals surface area contributed by atoms with Crippen LogP contribution in [0.15, 0.2) is 12.1 Å². The van der Waals surface area contributed by atoms with Gasteiger partial charge in [-0.25, -0.2) is 4.79 Å². The average Bonchev–Trinajstić information content (AvgIpc) is 2.00. The number of carbonyl (C=O) groups is 1. The number of benzene rings is 1. The van der Waals surface area contributed by atoms with Crippen molar-refractivity contribution in [2.75, 3.05) is 5.73 Å². The minimum Gasteiger partial charge on any atom is -0.870 e. The average molecular weight is 166 g/mol. The fraction of sp³-hybridized carbons (Fsp3) is 0.125. The van der Waals surface area contributed by atoms with Gasteiger partial charge in [-0.3, -0.25) is 0 Å². The summed E-state index contributed by atoms with van der Waals surface area (Å²) >= 11 is 0. The molecule has 0 heterocycles.